The second kappa shape index (κ2) is 2.11. The van der Waals surface area contributed by atoms with Crippen LogP contribution >= 0.6 is 11.6 Å². The predicted octanol–water partition coefficient (Wildman–Crippen LogP) is 0.857. The van der Waals surface area contributed by atoms with Crippen molar-refractivity contribution >= 4 is 17.6 Å². The number of aliphatic carboxylic acids is 1. The largest absolute Gasteiger partial charge is 0.480 e. The maximum Gasteiger partial charge on any atom is 0.327 e. The number of carboxylic acids is 1. The third-order valence-corrected chi connectivity index (χ3v) is 3.15. The molecule has 0 amide bonds. The minimum absolute atomic E-state index is 0.0513. The molecule has 1 N–H and O–H groups in total. The Hall–Kier alpha value is -0.280. The lowest BCUT2D eigenvalue weighted by Gasteiger charge is -2.06. The molecule has 0 aromatic carbocycles. The van der Waals surface area contributed by atoms with Crippen LogP contribution in [0.25, 0.3) is 0 Å². The predicted molar refractivity (Wildman–Crippen MR) is 38.7 cm³/mol. The summed E-state index contributed by atoms with van der Waals surface area (Å²) in [4.78, 5) is 9.55. The lowest BCUT2D eigenvalue weighted by atomic mass is 10.2. The average molecular weight is 177 g/mol. The van der Waals surface area contributed by atoms with Crippen LogP contribution in [0.15, 0.2) is 0 Å². The van der Waals surface area contributed by atoms with Gasteiger partial charge in [0, 0.05) is 12.5 Å². The van der Waals surface area contributed by atoms with E-state index in [9.17, 15) is 4.79 Å². The van der Waals surface area contributed by atoms with E-state index in [1.54, 1.807) is 0 Å². The van der Waals surface area contributed by atoms with Gasteiger partial charge in [-0.3, -0.25) is 4.79 Å². The van der Waals surface area contributed by atoms with E-state index >= 15 is 0 Å². The lowest BCUT2D eigenvalue weighted by Crippen LogP contribution is -2.21. The summed E-state index contributed by atoms with van der Waals surface area (Å²) in [5, 5.41) is 8.73. The third-order valence-electron chi connectivity index (χ3n) is 2.49. The summed E-state index contributed by atoms with van der Waals surface area (Å²) < 4.78 is 5.22. The molecule has 0 radical (unpaired) electrons. The van der Waals surface area contributed by atoms with Crippen LogP contribution < -0.4 is 0 Å². The van der Waals surface area contributed by atoms with E-state index in [-0.39, 0.29) is 12.0 Å². The summed E-state index contributed by atoms with van der Waals surface area (Å²) in [5.74, 6) is -0.883. The molecule has 2 fully saturated rings. The minimum atomic E-state index is -1.09. The fraction of sp³-hybridized carbons (Fsp3) is 0.857. The number of alkyl halides is 1. The van der Waals surface area contributed by atoms with E-state index in [1.807, 2.05) is 0 Å². The molecule has 0 aromatic rings. The van der Waals surface area contributed by atoms with Gasteiger partial charge in [-0.1, -0.05) is 0 Å². The van der Waals surface area contributed by atoms with Gasteiger partial charge in [-0.2, -0.15) is 0 Å². The number of halogens is 1. The normalized spacial score (nSPS) is 48.1. The van der Waals surface area contributed by atoms with Gasteiger partial charge >= 0.3 is 5.97 Å². The zero-order chi connectivity index (χ0) is 8.06. The zero-order valence-corrected chi connectivity index (χ0v) is 6.67. The van der Waals surface area contributed by atoms with Crippen LogP contribution in [-0.4, -0.2) is 28.7 Å². The summed E-state index contributed by atoms with van der Waals surface area (Å²) in [6.45, 7) is 0.656. The highest BCUT2D eigenvalue weighted by Crippen LogP contribution is 2.56. The molecular formula is C7H9ClO3. The summed E-state index contributed by atoms with van der Waals surface area (Å²) in [6.07, 6.45) is 1.60. The number of hydrogen-bond donors (Lipinski definition) is 1. The van der Waals surface area contributed by atoms with Gasteiger partial charge in [0.15, 0.2) is 4.87 Å². The second-order valence-corrected chi connectivity index (χ2v) is 3.74. The van der Waals surface area contributed by atoms with E-state index in [4.69, 9.17) is 21.4 Å². The van der Waals surface area contributed by atoms with Crippen molar-refractivity contribution in [2.24, 2.45) is 5.92 Å². The number of ether oxygens (including phenoxy) is 1. The van der Waals surface area contributed by atoms with Crippen LogP contribution in [0.3, 0.4) is 0 Å². The molecule has 1 heterocycles. The number of carbonyl (C=O) groups is 1. The summed E-state index contributed by atoms with van der Waals surface area (Å²) in [6, 6.07) is 0. The number of rotatable bonds is 1. The smallest absolute Gasteiger partial charge is 0.327 e. The molecule has 3 nitrogen and oxygen atoms in total. The van der Waals surface area contributed by atoms with Crippen molar-refractivity contribution in [2.45, 2.75) is 23.8 Å². The zero-order valence-electron chi connectivity index (χ0n) is 5.92. The van der Waals surface area contributed by atoms with E-state index < -0.39 is 10.8 Å². The number of carboxylic acid groups (broad SMARTS) is 1. The first-order valence-corrected chi connectivity index (χ1v) is 4.09. The van der Waals surface area contributed by atoms with Crippen LogP contribution in [0, 0.1) is 5.92 Å². The van der Waals surface area contributed by atoms with Gasteiger partial charge in [-0.15, -0.1) is 11.6 Å². The van der Waals surface area contributed by atoms with Crippen molar-refractivity contribution in [3.05, 3.63) is 0 Å². The summed E-state index contributed by atoms with van der Waals surface area (Å²) in [5.41, 5.74) is 0. The molecule has 1 aliphatic heterocycles. The molecule has 0 spiro atoms. The summed E-state index contributed by atoms with van der Waals surface area (Å²) >= 11 is 5.83. The minimum Gasteiger partial charge on any atom is -0.480 e. The molecule has 0 unspecified atom stereocenters. The van der Waals surface area contributed by atoms with Gasteiger partial charge in [-0.25, -0.2) is 0 Å². The molecule has 4 heteroatoms. The monoisotopic (exact) mass is 176 g/mol. The Morgan fingerprint density at radius 1 is 1.73 bits per heavy atom. The Bertz CT molecular complexity index is 192. The molecule has 62 valence electrons. The van der Waals surface area contributed by atoms with E-state index in [1.165, 1.54) is 0 Å². The molecule has 1 aliphatic carbocycles. The van der Waals surface area contributed by atoms with Gasteiger partial charge in [-0.05, 0) is 12.8 Å². The fourth-order valence-electron chi connectivity index (χ4n) is 1.78. The summed E-state index contributed by atoms with van der Waals surface area (Å²) in [7, 11) is 0. The van der Waals surface area contributed by atoms with Crippen LogP contribution in [0.1, 0.15) is 12.8 Å². The van der Waals surface area contributed by atoms with Crippen molar-refractivity contribution in [1.29, 1.82) is 0 Å². The quantitative estimate of drug-likeness (QED) is 0.603. The highest BCUT2D eigenvalue weighted by molar-refractivity contribution is 6.37. The molecular weight excluding hydrogens is 168 g/mol. The molecule has 2 aliphatic rings. The van der Waals surface area contributed by atoms with Crippen molar-refractivity contribution < 1.29 is 14.6 Å². The van der Waals surface area contributed by atoms with Gasteiger partial charge in [0.05, 0.1) is 6.10 Å². The first-order valence-electron chi connectivity index (χ1n) is 3.71. The maximum absolute atomic E-state index is 10.6. The first kappa shape index (κ1) is 7.37. The van der Waals surface area contributed by atoms with Crippen molar-refractivity contribution in [2.75, 3.05) is 6.61 Å². The first-order chi connectivity index (χ1) is 5.17. The lowest BCUT2D eigenvalue weighted by molar-refractivity contribution is -0.138. The van der Waals surface area contributed by atoms with Crippen molar-refractivity contribution in [3.8, 4) is 0 Å². The van der Waals surface area contributed by atoms with Crippen LogP contribution in [-0.2, 0) is 9.53 Å². The number of hydrogen-bond acceptors (Lipinski definition) is 2. The van der Waals surface area contributed by atoms with E-state index in [0.29, 0.717) is 6.61 Å². The fourth-order valence-corrected chi connectivity index (χ4v) is 2.16. The highest BCUT2D eigenvalue weighted by atomic mass is 35.5. The van der Waals surface area contributed by atoms with Gasteiger partial charge in [0.1, 0.15) is 0 Å². The van der Waals surface area contributed by atoms with E-state index in [0.717, 1.165) is 12.8 Å². The Morgan fingerprint density at radius 3 is 2.91 bits per heavy atom. The Morgan fingerprint density at radius 2 is 2.45 bits per heavy atom. The highest BCUT2D eigenvalue weighted by Gasteiger charge is 2.71. The van der Waals surface area contributed by atoms with Gasteiger partial charge in [0.2, 0.25) is 0 Å². The Kier molecular flexibility index (Phi) is 1.41. The molecule has 1 saturated carbocycles. The maximum atomic E-state index is 10.6. The molecule has 0 aromatic heterocycles. The van der Waals surface area contributed by atoms with Gasteiger partial charge < -0.3 is 9.84 Å². The standard InChI is InChI=1S/C7H9ClO3/c8-7(6(9)10)4-2-1-3-11-5(4)7/h4-5H,1-3H2,(H,9,10)/t4-,5+,7+/m1/s1. The van der Waals surface area contributed by atoms with Crippen molar-refractivity contribution in [1.82, 2.24) is 0 Å². The van der Waals surface area contributed by atoms with Crippen molar-refractivity contribution in [3.63, 3.8) is 0 Å². The molecule has 11 heavy (non-hydrogen) atoms. The molecule has 1 saturated heterocycles. The van der Waals surface area contributed by atoms with Gasteiger partial charge in [0.25, 0.3) is 0 Å². The van der Waals surface area contributed by atoms with E-state index in [2.05, 4.69) is 0 Å². The Labute approximate surface area is 69.3 Å². The molecule has 3 atom stereocenters. The topological polar surface area (TPSA) is 46.5 Å². The number of fused-ring (bicyclic) bond motifs is 1. The average Bonchev–Trinajstić information content (AvgIpc) is 2.61. The SMILES string of the molecule is O=C(O)[C@]1(Cl)[C@@H]2CCCO[C@@H]21. The van der Waals surface area contributed by atoms with Crippen LogP contribution in [0.2, 0.25) is 0 Å². The Balaban J connectivity index is 2.14. The van der Waals surface area contributed by atoms with Crippen LogP contribution in [0.5, 0.6) is 0 Å². The molecule has 0 bridgehead atoms. The second-order valence-electron chi connectivity index (χ2n) is 3.11. The third kappa shape index (κ3) is 0.811. The molecule has 2 rings (SSSR count). The van der Waals surface area contributed by atoms with Crippen LogP contribution in [0.4, 0.5) is 0 Å².